The van der Waals surface area contributed by atoms with E-state index in [4.69, 9.17) is 11.5 Å². The van der Waals surface area contributed by atoms with Gasteiger partial charge in [0.1, 0.15) is 0 Å². The molecule has 0 unspecified atom stereocenters. The van der Waals surface area contributed by atoms with E-state index in [1.807, 2.05) is 0 Å². The van der Waals surface area contributed by atoms with Crippen LogP contribution in [-0.4, -0.2) is 28.9 Å². The van der Waals surface area contributed by atoms with Gasteiger partial charge in [-0.05, 0) is 29.3 Å². The Hall–Kier alpha value is -3.90. The van der Waals surface area contributed by atoms with Crippen molar-refractivity contribution in [1.29, 1.82) is 0 Å². The van der Waals surface area contributed by atoms with Crippen LogP contribution in [-0.2, 0) is 31.6 Å². The summed E-state index contributed by atoms with van der Waals surface area (Å²) < 4.78 is 52.7. The highest BCUT2D eigenvalue weighted by molar-refractivity contribution is 7.93. The van der Waals surface area contributed by atoms with Crippen LogP contribution in [0, 0.1) is 0 Å². The highest BCUT2D eigenvalue weighted by Crippen LogP contribution is 2.28. The lowest BCUT2D eigenvalue weighted by molar-refractivity contribution is 0.256. The summed E-state index contributed by atoms with van der Waals surface area (Å²) in [5.74, 6) is -1.07. The smallest absolute Gasteiger partial charge is 0.333 e. The molecule has 0 aromatic heterocycles. The van der Waals surface area contributed by atoms with Gasteiger partial charge in [0, 0.05) is 0 Å². The monoisotopic (exact) mass is 502 g/mol. The molecule has 0 heterocycles. The minimum absolute atomic E-state index is 0.248. The van der Waals surface area contributed by atoms with Gasteiger partial charge in [-0.25, -0.2) is 26.4 Å². The number of benzene rings is 3. The number of carbonyl (C=O) groups is 2. The standard InChI is InChI=1S/C22H22N4O6S2/c23-21(27)25(33(29,30)15-17-8-3-1-4-9-17)19-12-7-13-20(14-19)26(22(24)28)34(31,32)16-18-10-5-2-6-11-18/h1-14H,15-16H2,(H2,23,27)(H2,24,28). The summed E-state index contributed by atoms with van der Waals surface area (Å²) in [6.45, 7) is 0. The summed E-state index contributed by atoms with van der Waals surface area (Å²) in [6.07, 6.45) is 0. The Morgan fingerprint density at radius 1 is 0.588 bits per heavy atom. The number of carbonyl (C=O) groups excluding carboxylic acids is 2. The van der Waals surface area contributed by atoms with Gasteiger partial charge in [-0.15, -0.1) is 0 Å². The molecule has 10 nitrogen and oxygen atoms in total. The first-order valence-electron chi connectivity index (χ1n) is 9.84. The number of urea groups is 2. The number of nitrogens with two attached hydrogens (primary N) is 2. The topological polar surface area (TPSA) is 161 Å². The molecule has 0 spiro atoms. The Morgan fingerprint density at radius 3 is 1.26 bits per heavy atom. The van der Waals surface area contributed by atoms with E-state index in [2.05, 4.69) is 0 Å². The SMILES string of the molecule is NC(=O)N(c1cccc(N(C(N)=O)S(=O)(=O)Cc2ccccc2)c1)S(=O)(=O)Cc1ccccc1. The summed E-state index contributed by atoms with van der Waals surface area (Å²) in [4.78, 5) is 24.3. The number of primary amides is 2. The molecule has 4 N–H and O–H groups in total. The van der Waals surface area contributed by atoms with E-state index in [1.165, 1.54) is 18.2 Å². The average molecular weight is 503 g/mol. The zero-order valence-corrected chi connectivity index (χ0v) is 19.4. The first-order chi connectivity index (χ1) is 16.0. The number of amides is 4. The first kappa shape index (κ1) is 24.7. The molecule has 34 heavy (non-hydrogen) atoms. The molecule has 0 radical (unpaired) electrons. The maximum atomic E-state index is 13.0. The average Bonchev–Trinajstić information content (AvgIpc) is 2.74. The molecule has 4 amide bonds. The maximum absolute atomic E-state index is 13.0. The third-order valence-corrected chi connectivity index (χ3v) is 7.93. The minimum Gasteiger partial charge on any atom is -0.350 e. The summed E-state index contributed by atoms with van der Waals surface area (Å²) in [7, 11) is -8.60. The molecule has 3 rings (SSSR count). The number of hydrogen-bond donors (Lipinski definition) is 2. The minimum atomic E-state index is -4.30. The van der Waals surface area contributed by atoms with Crippen LogP contribution in [0.1, 0.15) is 11.1 Å². The molecule has 0 saturated heterocycles. The van der Waals surface area contributed by atoms with E-state index in [0.29, 0.717) is 19.7 Å². The van der Waals surface area contributed by atoms with Crippen LogP contribution in [0.15, 0.2) is 84.9 Å². The fourth-order valence-electron chi connectivity index (χ4n) is 3.29. The molecule has 178 valence electrons. The normalized spacial score (nSPS) is 11.5. The summed E-state index contributed by atoms with van der Waals surface area (Å²) in [5.41, 5.74) is 11.1. The maximum Gasteiger partial charge on any atom is 0.333 e. The van der Waals surface area contributed by atoms with E-state index < -0.39 is 43.6 Å². The van der Waals surface area contributed by atoms with E-state index in [9.17, 15) is 26.4 Å². The molecule has 0 saturated carbocycles. The van der Waals surface area contributed by atoms with E-state index in [0.717, 1.165) is 6.07 Å². The van der Waals surface area contributed by atoms with Crippen LogP contribution in [0.25, 0.3) is 0 Å². The van der Waals surface area contributed by atoms with Crippen molar-refractivity contribution in [3.63, 3.8) is 0 Å². The van der Waals surface area contributed by atoms with Crippen molar-refractivity contribution in [3.8, 4) is 0 Å². The second kappa shape index (κ2) is 9.93. The van der Waals surface area contributed by atoms with Gasteiger partial charge in [-0.1, -0.05) is 66.7 Å². The van der Waals surface area contributed by atoms with Gasteiger partial charge >= 0.3 is 12.1 Å². The van der Waals surface area contributed by atoms with Crippen LogP contribution in [0.2, 0.25) is 0 Å². The number of hydrogen-bond acceptors (Lipinski definition) is 6. The van der Waals surface area contributed by atoms with Gasteiger partial charge in [-0.2, -0.15) is 8.61 Å². The first-order valence-corrected chi connectivity index (χ1v) is 13.1. The fourth-order valence-corrected chi connectivity index (χ4v) is 6.20. The Bertz CT molecular complexity index is 1290. The lowest BCUT2D eigenvalue weighted by atomic mass is 10.2. The van der Waals surface area contributed by atoms with Crippen molar-refractivity contribution >= 4 is 43.5 Å². The van der Waals surface area contributed by atoms with Gasteiger partial charge in [-0.3, -0.25) is 0 Å². The van der Waals surface area contributed by atoms with Crippen molar-refractivity contribution in [2.24, 2.45) is 11.5 Å². The lowest BCUT2D eigenvalue weighted by Crippen LogP contribution is -2.43. The highest BCUT2D eigenvalue weighted by Gasteiger charge is 2.31. The molecule has 0 aliphatic rings. The van der Waals surface area contributed by atoms with Crippen LogP contribution >= 0.6 is 0 Å². The predicted molar refractivity (Wildman–Crippen MR) is 129 cm³/mol. The lowest BCUT2D eigenvalue weighted by Gasteiger charge is -2.24. The van der Waals surface area contributed by atoms with Gasteiger partial charge in [0.15, 0.2) is 0 Å². The zero-order valence-electron chi connectivity index (χ0n) is 17.8. The van der Waals surface area contributed by atoms with Crippen LogP contribution in [0.3, 0.4) is 0 Å². The second-order valence-electron chi connectivity index (χ2n) is 7.21. The van der Waals surface area contributed by atoms with E-state index >= 15 is 0 Å². The Labute approximate surface area is 197 Å². The Morgan fingerprint density at radius 2 is 0.941 bits per heavy atom. The molecular formula is C22H22N4O6S2. The van der Waals surface area contributed by atoms with Crippen molar-refractivity contribution in [2.45, 2.75) is 11.5 Å². The molecule has 0 aliphatic carbocycles. The van der Waals surface area contributed by atoms with Crippen molar-refractivity contribution in [1.82, 2.24) is 0 Å². The fraction of sp³-hybridized carbons (Fsp3) is 0.0909. The summed E-state index contributed by atoms with van der Waals surface area (Å²) in [6, 6.07) is 18.5. The Balaban J connectivity index is 2.01. The number of anilines is 2. The molecule has 0 aliphatic heterocycles. The third-order valence-electron chi connectivity index (χ3n) is 4.64. The number of rotatable bonds is 8. The summed E-state index contributed by atoms with van der Waals surface area (Å²) in [5, 5.41) is 0. The number of sulfonamides is 2. The van der Waals surface area contributed by atoms with Gasteiger partial charge in [0.25, 0.3) is 0 Å². The van der Waals surface area contributed by atoms with Crippen LogP contribution in [0.5, 0.6) is 0 Å². The largest absolute Gasteiger partial charge is 0.350 e. The summed E-state index contributed by atoms with van der Waals surface area (Å²) >= 11 is 0. The van der Waals surface area contributed by atoms with Gasteiger partial charge < -0.3 is 11.5 Å². The molecule has 3 aromatic rings. The van der Waals surface area contributed by atoms with E-state index in [-0.39, 0.29) is 11.4 Å². The van der Waals surface area contributed by atoms with E-state index in [1.54, 1.807) is 60.7 Å². The van der Waals surface area contributed by atoms with Crippen molar-refractivity contribution in [3.05, 3.63) is 96.1 Å². The highest BCUT2D eigenvalue weighted by atomic mass is 32.2. The second-order valence-corrected chi connectivity index (χ2v) is 10.8. The zero-order chi connectivity index (χ0) is 24.9. The quantitative estimate of drug-likeness (QED) is 0.481. The molecule has 0 bridgehead atoms. The van der Waals surface area contributed by atoms with Crippen LogP contribution < -0.4 is 20.1 Å². The molecule has 12 heteroatoms. The Kier molecular flexibility index (Phi) is 7.23. The molecular weight excluding hydrogens is 480 g/mol. The van der Waals surface area contributed by atoms with Crippen LogP contribution in [0.4, 0.5) is 21.0 Å². The molecule has 0 atom stereocenters. The number of nitrogens with zero attached hydrogens (tertiary/aromatic N) is 2. The molecule has 0 fully saturated rings. The van der Waals surface area contributed by atoms with Crippen molar-refractivity contribution in [2.75, 3.05) is 8.61 Å². The van der Waals surface area contributed by atoms with Gasteiger partial charge in [0.2, 0.25) is 20.0 Å². The van der Waals surface area contributed by atoms with Gasteiger partial charge in [0.05, 0.1) is 22.9 Å². The molecule has 3 aromatic carbocycles. The van der Waals surface area contributed by atoms with Crippen molar-refractivity contribution < 1.29 is 26.4 Å². The predicted octanol–water partition coefficient (Wildman–Crippen LogP) is 2.52. The third kappa shape index (κ3) is 5.71.